The molecule has 4 rings (SSSR count). The molecule has 0 aliphatic carbocycles. The predicted octanol–water partition coefficient (Wildman–Crippen LogP) is 5.52. The fourth-order valence-corrected chi connectivity index (χ4v) is 4.31. The van der Waals surface area contributed by atoms with Crippen molar-refractivity contribution in [1.29, 1.82) is 0 Å². The van der Waals surface area contributed by atoms with Gasteiger partial charge in [-0.25, -0.2) is 4.68 Å². The number of aryl methyl sites for hydroxylation is 1. The Morgan fingerprint density at radius 2 is 2.03 bits per heavy atom. The molecule has 1 N–H and O–H groups in total. The first-order chi connectivity index (χ1) is 15.0. The van der Waals surface area contributed by atoms with Crippen molar-refractivity contribution in [2.45, 2.75) is 26.7 Å². The molecule has 0 atom stereocenters. The Morgan fingerprint density at radius 3 is 2.71 bits per heavy atom. The fraction of sp³-hybridized carbons (Fsp3) is 0.208. The van der Waals surface area contributed by atoms with Crippen LogP contribution in [0.2, 0.25) is 0 Å². The SMILES string of the molecule is CCCCOc1ccc(-c2nn(-c3ccccc3)cc2/C=C2\SC(=S)NC2=O)cc1C. The van der Waals surface area contributed by atoms with E-state index < -0.39 is 0 Å². The third-order valence-corrected chi connectivity index (χ3v) is 6.06. The number of nitrogens with one attached hydrogen (secondary N) is 1. The van der Waals surface area contributed by atoms with Gasteiger partial charge in [-0.05, 0) is 55.3 Å². The molecule has 1 saturated heterocycles. The molecule has 1 aromatic heterocycles. The van der Waals surface area contributed by atoms with E-state index in [0.29, 0.717) is 15.8 Å². The van der Waals surface area contributed by atoms with Crippen LogP contribution in [0.1, 0.15) is 30.9 Å². The second-order valence-electron chi connectivity index (χ2n) is 7.25. The molecule has 0 unspecified atom stereocenters. The molecule has 1 aliphatic rings. The van der Waals surface area contributed by atoms with Gasteiger partial charge in [0.25, 0.3) is 5.91 Å². The summed E-state index contributed by atoms with van der Waals surface area (Å²) in [5.41, 5.74) is 4.61. The van der Waals surface area contributed by atoms with Gasteiger partial charge in [0, 0.05) is 17.3 Å². The average Bonchev–Trinajstić information content (AvgIpc) is 3.33. The zero-order chi connectivity index (χ0) is 21.8. The van der Waals surface area contributed by atoms with Gasteiger partial charge in [0.15, 0.2) is 0 Å². The van der Waals surface area contributed by atoms with Gasteiger partial charge in [-0.1, -0.05) is 55.5 Å². The van der Waals surface area contributed by atoms with E-state index in [-0.39, 0.29) is 5.91 Å². The molecule has 1 amide bonds. The van der Waals surface area contributed by atoms with Gasteiger partial charge in [-0.15, -0.1) is 0 Å². The van der Waals surface area contributed by atoms with Gasteiger partial charge < -0.3 is 10.1 Å². The third kappa shape index (κ3) is 4.89. The van der Waals surface area contributed by atoms with E-state index in [4.69, 9.17) is 22.1 Å². The molecule has 0 bridgehead atoms. The first-order valence-corrected chi connectivity index (χ1v) is 11.4. The highest BCUT2D eigenvalue weighted by atomic mass is 32.2. The molecule has 158 valence electrons. The molecule has 2 heterocycles. The van der Waals surface area contributed by atoms with Gasteiger partial charge in [0.1, 0.15) is 15.8 Å². The zero-order valence-electron chi connectivity index (χ0n) is 17.4. The fourth-order valence-electron chi connectivity index (χ4n) is 3.28. The van der Waals surface area contributed by atoms with Crippen LogP contribution in [0, 0.1) is 6.92 Å². The Balaban J connectivity index is 1.74. The van der Waals surface area contributed by atoms with Gasteiger partial charge >= 0.3 is 0 Å². The van der Waals surface area contributed by atoms with Crippen molar-refractivity contribution >= 4 is 40.3 Å². The van der Waals surface area contributed by atoms with Crippen molar-refractivity contribution in [3.05, 3.63) is 70.8 Å². The minimum Gasteiger partial charge on any atom is -0.493 e. The highest BCUT2D eigenvalue weighted by molar-refractivity contribution is 8.26. The van der Waals surface area contributed by atoms with Gasteiger partial charge in [0.2, 0.25) is 0 Å². The predicted molar refractivity (Wildman–Crippen MR) is 130 cm³/mol. The number of unbranched alkanes of at least 4 members (excludes halogenated alkanes) is 1. The molecular weight excluding hydrogens is 426 g/mol. The monoisotopic (exact) mass is 449 g/mol. The van der Waals surface area contributed by atoms with Crippen LogP contribution in [-0.2, 0) is 4.79 Å². The van der Waals surface area contributed by atoms with E-state index in [1.54, 1.807) is 0 Å². The van der Waals surface area contributed by atoms with E-state index >= 15 is 0 Å². The largest absolute Gasteiger partial charge is 0.493 e. The Kier molecular flexibility index (Phi) is 6.53. The maximum absolute atomic E-state index is 12.2. The van der Waals surface area contributed by atoms with Crippen LogP contribution in [0.3, 0.4) is 0 Å². The number of carbonyl (C=O) groups excluding carboxylic acids is 1. The Morgan fingerprint density at radius 1 is 1.23 bits per heavy atom. The van der Waals surface area contributed by atoms with E-state index in [0.717, 1.165) is 46.7 Å². The lowest BCUT2D eigenvalue weighted by Gasteiger charge is -2.10. The lowest BCUT2D eigenvalue weighted by atomic mass is 10.0. The second-order valence-corrected chi connectivity index (χ2v) is 8.97. The van der Waals surface area contributed by atoms with Crippen molar-refractivity contribution in [1.82, 2.24) is 15.1 Å². The molecule has 0 spiro atoms. The smallest absolute Gasteiger partial charge is 0.263 e. The number of thiocarbonyl (C=S) groups is 1. The number of aromatic nitrogens is 2. The summed E-state index contributed by atoms with van der Waals surface area (Å²) < 4.78 is 8.20. The lowest BCUT2D eigenvalue weighted by molar-refractivity contribution is -0.115. The summed E-state index contributed by atoms with van der Waals surface area (Å²) in [7, 11) is 0. The zero-order valence-corrected chi connectivity index (χ0v) is 19.1. The highest BCUT2D eigenvalue weighted by Crippen LogP contribution is 2.32. The van der Waals surface area contributed by atoms with E-state index in [2.05, 4.69) is 18.3 Å². The van der Waals surface area contributed by atoms with Crippen molar-refractivity contribution in [3.8, 4) is 22.7 Å². The molecular formula is C24H23N3O2S2. The molecule has 0 saturated carbocycles. The van der Waals surface area contributed by atoms with Crippen LogP contribution in [0.5, 0.6) is 5.75 Å². The maximum atomic E-state index is 12.2. The first-order valence-electron chi connectivity index (χ1n) is 10.2. The number of hydrogen-bond acceptors (Lipinski definition) is 5. The summed E-state index contributed by atoms with van der Waals surface area (Å²) >= 11 is 6.40. The van der Waals surface area contributed by atoms with E-state index in [1.165, 1.54) is 11.8 Å². The van der Waals surface area contributed by atoms with Gasteiger partial charge in [0.05, 0.1) is 17.2 Å². The summed E-state index contributed by atoms with van der Waals surface area (Å²) in [5.74, 6) is 0.708. The van der Waals surface area contributed by atoms with Crippen molar-refractivity contribution in [2.24, 2.45) is 0 Å². The van der Waals surface area contributed by atoms with Crippen LogP contribution in [0.4, 0.5) is 0 Å². The van der Waals surface area contributed by atoms with Crippen LogP contribution < -0.4 is 10.1 Å². The van der Waals surface area contributed by atoms with Crippen LogP contribution in [0.15, 0.2) is 59.6 Å². The van der Waals surface area contributed by atoms with Crippen LogP contribution in [0.25, 0.3) is 23.0 Å². The van der Waals surface area contributed by atoms with Crippen LogP contribution in [-0.4, -0.2) is 26.6 Å². The average molecular weight is 450 g/mol. The summed E-state index contributed by atoms with van der Waals surface area (Å²) in [6.07, 6.45) is 5.92. The quantitative estimate of drug-likeness (QED) is 0.293. The Labute approximate surface area is 191 Å². The number of amides is 1. The highest BCUT2D eigenvalue weighted by Gasteiger charge is 2.23. The van der Waals surface area contributed by atoms with Gasteiger partial charge in [-0.2, -0.15) is 5.10 Å². The lowest BCUT2D eigenvalue weighted by Crippen LogP contribution is -2.17. The summed E-state index contributed by atoms with van der Waals surface area (Å²) in [4.78, 5) is 12.8. The summed E-state index contributed by atoms with van der Waals surface area (Å²) in [6.45, 7) is 4.90. The molecule has 31 heavy (non-hydrogen) atoms. The van der Waals surface area contributed by atoms with Crippen molar-refractivity contribution in [3.63, 3.8) is 0 Å². The first kappa shape index (κ1) is 21.3. The summed E-state index contributed by atoms with van der Waals surface area (Å²) in [6, 6.07) is 16.0. The van der Waals surface area contributed by atoms with E-state index in [1.807, 2.05) is 66.3 Å². The van der Waals surface area contributed by atoms with Gasteiger partial charge in [-0.3, -0.25) is 4.79 Å². The summed E-state index contributed by atoms with van der Waals surface area (Å²) in [5, 5.41) is 7.51. The molecule has 3 aromatic rings. The molecule has 0 radical (unpaired) electrons. The second kappa shape index (κ2) is 9.49. The minimum absolute atomic E-state index is 0.177. The van der Waals surface area contributed by atoms with E-state index in [9.17, 15) is 4.79 Å². The number of benzene rings is 2. The molecule has 1 fully saturated rings. The molecule has 1 aliphatic heterocycles. The number of hydrogen-bond donors (Lipinski definition) is 1. The number of thioether (sulfide) groups is 1. The number of rotatable bonds is 7. The standard InChI is InChI=1S/C24H23N3O2S2/c1-3-4-12-29-20-11-10-17(13-16(20)2)22-18(14-21-23(28)25-24(30)31-21)15-27(26-22)19-8-6-5-7-9-19/h5-11,13-15H,3-4,12H2,1-2H3,(H,25,28,30)/b21-14-. The molecule has 5 nitrogen and oxygen atoms in total. The third-order valence-electron chi connectivity index (χ3n) is 4.90. The Bertz CT molecular complexity index is 1150. The molecule has 2 aromatic carbocycles. The topological polar surface area (TPSA) is 56.1 Å². The number of para-hydroxylation sites is 1. The van der Waals surface area contributed by atoms with Crippen molar-refractivity contribution < 1.29 is 9.53 Å². The maximum Gasteiger partial charge on any atom is 0.263 e. The Hall–Kier alpha value is -2.90. The normalized spacial score (nSPS) is 14.8. The van der Waals surface area contributed by atoms with Crippen molar-refractivity contribution in [2.75, 3.05) is 6.61 Å². The minimum atomic E-state index is -0.177. The van der Waals surface area contributed by atoms with Crippen LogP contribution >= 0.6 is 24.0 Å². The number of nitrogens with zero attached hydrogens (tertiary/aromatic N) is 2. The number of carbonyl (C=O) groups is 1. The molecule has 7 heteroatoms. The number of ether oxygens (including phenoxy) is 1.